The third-order valence-electron chi connectivity index (χ3n) is 3.81. The van der Waals surface area contributed by atoms with Gasteiger partial charge in [-0.05, 0) is 5.56 Å². The fraction of sp³-hybridized carbons (Fsp3) is 0.353. The number of carbonyl (C=O) groups is 1. The molecule has 0 unspecified atom stereocenters. The number of anilines is 1. The first-order valence-electron chi connectivity index (χ1n) is 7.83. The normalized spacial score (nSPS) is 10.8. The van der Waals surface area contributed by atoms with Gasteiger partial charge < -0.3 is 15.8 Å². The fourth-order valence-electron chi connectivity index (χ4n) is 2.43. The Morgan fingerprint density at radius 3 is 2.56 bits per heavy atom. The average molecular weight is 346 g/mol. The second-order valence-corrected chi connectivity index (χ2v) is 5.57. The number of rotatable bonds is 8. The van der Waals surface area contributed by atoms with Crippen LogP contribution in [0.15, 0.2) is 39.9 Å². The van der Waals surface area contributed by atoms with Crippen molar-refractivity contribution in [3.63, 3.8) is 0 Å². The van der Waals surface area contributed by atoms with Gasteiger partial charge in [-0.15, -0.1) is 0 Å². The number of nitrogen functional groups attached to an aromatic ring is 1. The summed E-state index contributed by atoms with van der Waals surface area (Å²) in [6, 6.07) is 9.21. The van der Waals surface area contributed by atoms with Gasteiger partial charge in [0.25, 0.3) is 5.56 Å². The Morgan fingerprint density at radius 2 is 1.92 bits per heavy atom. The lowest BCUT2D eigenvalue weighted by molar-refractivity contribution is 0.0985. The minimum atomic E-state index is -0.689. The minimum Gasteiger partial charge on any atom is -0.384 e. The molecule has 3 N–H and O–H groups in total. The first-order valence-corrected chi connectivity index (χ1v) is 7.83. The molecule has 8 nitrogen and oxygen atoms in total. The molecule has 0 atom stereocenters. The molecule has 0 spiro atoms. The number of Topliss-reactive ketones (excluding diaryl/α,β-unsaturated/α-hetero) is 1. The first-order chi connectivity index (χ1) is 12.0. The van der Waals surface area contributed by atoms with Crippen molar-refractivity contribution in [2.75, 3.05) is 32.5 Å². The average Bonchev–Trinajstić information content (AvgIpc) is 2.62. The smallest absolute Gasteiger partial charge is 0.332 e. The van der Waals surface area contributed by atoms with Gasteiger partial charge in [0, 0.05) is 20.7 Å². The second-order valence-electron chi connectivity index (χ2n) is 5.57. The zero-order valence-electron chi connectivity index (χ0n) is 14.3. The molecule has 0 aliphatic carbocycles. The molecular weight excluding hydrogens is 324 g/mol. The highest BCUT2D eigenvalue weighted by Crippen LogP contribution is 2.09. The quantitative estimate of drug-likeness (QED) is 0.497. The summed E-state index contributed by atoms with van der Waals surface area (Å²) >= 11 is 0. The Labute approximate surface area is 144 Å². The highest BCUT2D eigenvalue weighted by atomic mass is 16.5. The van der Waals surface area contributed by atoms with Crippen LogP contribution in [0.4, 0.5) is 5.82 Å². The summed E-state index contributed by atoms with van der Waals surface area (Å²) in [5.74, 6) is -0.577. The summed E-state index contributed by atoms with van der Waals surface area (Å²) in [6.45, 7) is 1.02. The number of hydrogen-bond donors (Lipinski definition) is 2. The van der Waals surface area contributed by atoms with Crippen LogP contribution in [-0.2, 0) is 18.3 Å². The molecular formula is C17H22N4O4. The summed E-state index contributed by atoms with van der Waals surface area (Å²) < 4.78 is 7.03. The van der Waals surface area contributed by atoms with Crippen LogP contribution in [0.2, 0.25) is 0 Å². The number of carbonyl (C=O) groups excluding carboxylic acids is 1. The first kappa shape index (κ1) is 18.6. The molecule has 0 aliphatic rings. The fourth-order valence-corrected chi connectivity index (χ4v) is 2.43. The van der Waals surface area contributed by atoms with Crippen LogP contribution in [0.3, 0.4) is 0 Å². The van der Waals surface area contributed by atoms with Crippen LogP contribution in [0.25, 0.3) is 0 Å². The van der Waals surface area contributed by atoms with Gasteiger partial charge in [-0.1, -0.05) is 30.3 Å². The number of nitrogens with zero attached hydrogens (tertiary/aromatic N) is 2. The van der Waals surface area contributed by atoms with Crippen molar-refractivity contribution in [2.24, 2.45) is 7.05 Å². The third kappa shape index (κ3) is 4.23. The van der Waals surface area contributed by atoms with Crippen molar-refractivity contribution in [3.05, 3.63) is 62.3 Å². The van der Waals surface area contributed by atoms with E-state index in [0.717, 1.165) is 10.1 Å². The number of methoxy groups -OCH3 is 1. The number of nitrogens with two attached hydrogens (primary N) is 1. The Hall–Kier alpha value is -2.71. The molecule has 134 valence electrons. The number of ketones is 1. The Morgan fingerprint density at radius 1 is 1.24 bits per heavy atom. The van der Waals surface area contributed by atoms with Crippen LogP contribution < -0.4 is 22.3 Å². The molecule has 1 aromatic heterocycles. The molecule has 2 aromatic rings. The van der Waals surface area contributed by atoms with E-state index in [1.807, 2.05) is 30.3 Å². The number of aromatic nitrogens is 2. The predicted molar refractivity (Wildman–Crippen MR) is 95.0 cm³/mol. The van der Waals surface area contributed by atoms with Gasteiger partial charge in [-0.25, -0.2) is 4.79 Å². The molecule has 1 heterocycles. The lowest BCUT2D eigenvalue weighted by atomic mass is 10.1. The molecule has 8 heteroatoms. The molecule has 0 saturated heterocycles. The van der Waals surface area contributed by atoms with Gasteiger partial charge >= 0.3 is 5.69 Å². The van der Waals surface area contributed by atoms with Crippen LogP contribution in [0.1, 0.15) is 15.9 Å². The maximum absolute atomic E-state index is 12.4. The van der Waals surface area contributed by atoms with E-state index in [-0.39, 0.29) is 24.5 Å². The number of hydrogen-bond acceptors (Lipinski definition) is 6. The lowest BCUT2D eigenvalue weighted by Crippen LogP contribution is -2.44. The predicted octanol–water partition coefficient (Wildman–Crippen LogP) is -0.404. The molecule has 0 saturated carbocycles. The Kier molecular flexibility index (Phi) is 6.26. The molecule has 25 heavy (non-hydrogen) atoms. The molecule has 0 bridgehead atoms. The maximum Gasteiger partial charge on any atom is 0.332 e. The maximum atomic E-state index is 12.4. The van der Waals surface area contributed by atoms with Gasteiger partial charge in [-0.3, -0.25) is 18.7 Å². The largest absolute Gasteiger partial charge is 0.384 e. The second kappa shape index (κ2) is 8.41. The van der Waals surface area contributed by atoms with Crippen LogP contribution in [0, 0.1) is 0 Å². The van der Waals surface area contributed by atoms with E-state index in [9.17, 15) is 14.4 Å². The summed E-state index contributed by atoms with van der Waals surface area (Å²) in [6.07, 6.45) is 0. The van der Waals surface area contributed by atoms with E-state index in [1.54, 1.807) is 7.11 Å². The van der Waals surface area contributed by atoms with Crippen molar-refractivity contribution in [3.8, 4) is 0 Å². The Balaban J connectivity index is 2.39. The third-order valence-corrected chi connectivity index (χ3v) is 3.81. The van der Waals surface area contributed by atoms with E-state index in [2.05, 4.69) is 5.32 Å². The van der Waals surface area contributed by atoms with E-state index in [4.69, 9.17) is 10.5 Å². The highest BCUT2D eigenvalue weighted by Gasteiger charge is 2.21. The van der Waals surface area contributed by atoms with Crippen LogP contribution in [0.5, 0.6) is 0 Å². The summed E-state index contributed by atoms with van der Waals surface area (Å²) in [5.41, 5.74) is 5.42. The molecule has 1 aromatic carbocycles. The summed E-state index contributed by atoms with van der Waals surface area (Å²) in [4.78, 5) is 37.1. The van der Waals surface area contributed by atoms with Crippen molar-refractivity contribution < 1.29 is 9.53 Å². The van der Waals surface area contributed by atoms with Crippen molar-refractivity contribution in [1.29, 1.82) is 0 Å². The van der Waals surface area contributed by atoms with Gasteiger partial charge in [0.05, 0.1) is 19.7 Å². The van der Waals surface area contributed by atoms with Crippen LogP contribution in [-0.4, -0.2) is 41.7 Å². The number of nitrogens with one attached hydrogen (secondary N) is 1. The summed E-state index contributed by atoms with van der Waals surface area (Å²) in [5, 5.41) is 2.88. The standard InChI is InChI=1S/C17H22N4O4/c1-20-16(23)14(13(22)10-19-8-9-25-2)15(18)21(17(20)24)11-12-6-4-3-5-7-12/h3-7,19H,8-11,18H2,1-2H3. The molecule has 2 rings (SSSR count). The molecule has 0 amide bonds. The zero-order valence-corrected chi connectivity index (χ0v) is 14.3. The van der Waals surface area contributed by atoms with Gasteiger partial charge in [0.2, 0.25) is 0 Å². The van der Waals surface area contributed by atoms with E-state index in [1.165, 1.54) is 11.6 Å². The van der Waals surface area contributed by atoms with E-state index < -0.39 is 17.0 Å². The highest BCUT2D eigenvalue weighted by molar-refractivity contribution is 6.01. The van der Waals surface area contributed by atoms with Gasteiger partial charge in [0.1, 0.15) is 11.4 Å². The number of ether oxygens (including phenoxy) is 1. The topological polar surface area (TPSA) is 108 Å². The summed E-state index contributed by atoms with van der Waals surface area (Å²) in [7, 11) is 2.89. The SMILES string of the molecule is COCCNCC(=O)c1c(N)n(Cc2ccccc2)c(=O)n(C)c1=O. The van der Waals surface area contributed by atoms with E-state index >= 15 is 0 Å². The van der Waals surface area contributed by atoms with Crippen molar-refractivity contribution in [1.82, 2.24) is 14.5 Å². The van der Waals surface area contributed by atoms with Gasteiger partial charge in [0.15, 0.2) is 5.78 Å². The van der Waals surface area contributed by atoms with Crippen molar-refractivity contribution in [2.45, 2.75) is 6.54 Å². The van der Waals surface area contributed by atoms with Gasteiger partial charge in [-0.2, -0.15) is 0 Å². The Bertz CT molecular complexity index is 855. The zero-order chi connectivity index (χ0) is 18.4. The van der Waals surface area contributed by atoms with Crippen LogP contribution >= 0.6 is 0 Å². The number of benzene rings is 1. The van der Waals surface area contributed by atoms with E-state index in [0.29, 0.717) is 13.2 Å². The molecule has 0 fully saturated rings. The lowest BCUT2D eigenvalue weighted by Gasteiger charge is -2.15. The molecule has 0 radical (unpaired) electrons. The minimum absolute atomic E-state index is 0.0632. The monoisotopic (exact) mass is 346 g/mol. The molecule has 0 aliphatic heterocycles. The van der Waals surface area contributed by atoms with Crippen molar-refractivity contribution >= 4 is 11.6 Å².